The van der Waals surface area contributed by atoms with E-state index in [1.807, 2.05) is 0 Å². The molecule has 0 aliphatic carbocycles. The van der Waals surface area contributed by atoms with Gasteiger partial charge in [-0.05, 0) is 30.3 Å². The predicted octanol–water partition coefficient (Wildman–Crippen LogP) is 4.35. The van der Waals surface area contributed by atoms with Gasteiger partial charge in [-0.15, -0.1) is 11.3 Å². The molecule has 2 rings (SSSR count). The summed E-state index contributed by atoms with van der Waals surface area (Å²) in [5, 5.41) is 9.42. The Labute approximate surface area is 118 Å². The third-order valence-electron chi connectivity index (χ3n) is 2.31. The molecule has 90 valence electrons. The fourth-order valence-corrected chi connectivity index (χ4v) is 2.87. The van der Waals surface area contributed by atoms with Crippen molar-refractivity contribution in [1.29, 1.82) is 5.26 Å². The Morgan fingerprint density at radius 3 is 2.72 bits per heavy atom. The topological polar surface area (TPSA) is 40.9 Å². The maximum Gasteiger partial charge on any atom is 0.204 e. The maximum absolute atomic E-state index is 12.2. The lowest BCUT2D eigenvalue weighted by Crippen LogP contribution is -1.99. The summed E-state index contributed by atoms with van der Waals surface area (Å²) in [4.78, 5) is 13.6. The third-order valence-corrected chi connectivity index (χ3v) is 3.95. The summed E-state index contributed by atoms with van der Waals surface area (Å²) in [6.45, 7) is 0. The van der Waals surface area contributed by atoms with Crippen LogP contribution >= 0.6 is 34.5 Å². The lowest BCUT2D eigenvalue weighted by molar-refractivity contribution is 0.104. The van der Waals surface area contributed by atoms with Gasteiger partial charge in [-0.3, -0.25) is 4.79 Å². The molecule has 1 aromatic heterocycles. The van der Waals surface area contributed by atoms with Gasteiger partial charge >= 0.3 is 0 Å². The number of hydrogen-bond acceptors (Lipinski definition) is 3. The van der Waals surface area contributed by atoms with Crippen LogP contribution in [-0.4, -0.2) is 5.78 Å². The molecule has 1 aromatic carbocycles. The van der Waals surface area contributed by atoms with Crippen molar-refractivity contribution in [3.8, 4) is 6.07 Å². The van der Waals surface area contributed by atoms with E-state index in [9.17, 15) is 4.79 Å². The van der Waals surface area contributed by atoms with Crippen molar-refractivity contribution in [3.05, 3.63) is 55.7 Å². The molecule has 0 fully saturated rings. The monoisotopic (exact) mass is 295 g/mol. The third kappa shape index (κ3) is 2.73. The number of halogens is 2. The molecule has 0 atom stereocenters. The first-order valence-corrected chi connectivity index (χ1v) is 6.64. The van der Waals surface area contributed by atoms with Gasteiger partial charge in [0.05, 0.1) is 22.4 Å². The van der Waals surface area contributed by atoms with E-state index in [-0.39, 0.29) is 5.78 Å². The highest BCUT2D eigenvalue weighted by Crippen LogP contribution is 2.26. The number of hydrogen-bond donors (Lipinski definition) is 0. The normalized spacial score (nSPS) is 10.1. The summed E-state index contributed by atoms with van der Waals surface area (Å²) in [6, 6.07) is 10.3. The summed E-state index contributed by atoms with van der Waals surface area (Å²) in [6.07, 6.45) is 0.312. The molecule has 0 unspecified atom stereocenters. The number of nitriles is 1. The molecule has 0 saturated carbocycles. The van der Waals surface area contributed by atoms with Gasteiger partial charge in [0.2, 0.25) is 5.78 Å². The van der Waals surface area contributed by atoms with Crippen LogP contribution in [-0.2, 0) is 6.42 Å². The van der Waals surface area contributed by atoms with Crippen molar-refractivity contribution < 1.29 is 4.79 Å². The number of benzene rings is 1. The summed E-state index contributed by atoms with van der Waals surface area (Å²) < 4.78 is 0. The van der Waals surface area contributed by atoms with E-state index in [0.717, 1.165) is 4.88 Å². The molecule has 2 aromatic rings. The largest absolute Gasteiger partial charge is 0.288 e. The number of thiophene rings is 1. The van der Waals surface area contributed by atoms with Gasteiger partial charge in [0.25, 0.3) is 0 Å². The molecular weight excluding hydrogens is 289 g/mol. The Hall–Kier alpha value is -1.34. The second-order valence-corrected chi connectivity index (χ2v) is 5.57. The molecule has 0 aliphatic heterocycles. The second-order valence-electron chi connectivity index (χ2n) is 3.55. The molecule has 18 heavy (non-hydrogen) atoms. The molecular formula is C13H7Cl2NOS. The van der Waals surface area contributed by atoms with Crippen LogP contribution in [0, 0.1) is 11.3 Å². The van der Waals surface area contributed by atoms with E-state index >= 15 is 0 Å². The quantitative estimate of drug-likeness (QED) is 0.790. The van der Waals surface area contributed by atoms with Crippen LogP contribution in [0.2, 0.25) is 10.0 Å². The summed E-state index contributed by atoms with van der Waals surface area (Å²) in [5.41, 5.74) is 0.423. The average Bonchev–Trinajstić information content (AvgIpc) is 2.77. The highest BCUT2D eigenvalue weighted by atomic mass is 35.5. The molecule has 0 saturated heterocycles. The van der Waals surface area contributed by atoms with E-state index in [1.165, 1.54) is 11.3 Å². The molecule has 0 spiro atoms. The Kier molecular flexibility index (Phi) is 4.03. The maximum atomic E-state index is 12.2. The molecule has 0 radical (unpaired) electrons. The first-order chi connectivity index (χ1) is 8.61. The van der Waals surface area contributed by atoms with Gasteiger partial charge in [0.1, 0.15) is 0 Å². The fourth-order valence-electron chi connectivity index (χ4n) is 1.48. The van der Waals surface area contributed by atoms with Crippen molar-refractivity contribution in [2.75, 3.05) is 0 Å². The van der Waals surface area contributed by atoms with Crippen molar-refractivity contribution in [3.63, 3.8) is 0 Å². The summed E-state index contributed by atoms with van der Waals surface area (Å²) >= 11 is 13.1. The number of rotatable bonds is 3. The van der Waals surface area contributed by atoms with Crippen LogP contribution in [0.3, 0.4) is 0 Å². The minimum absolute atomic E-state index is 0.147. The van der Waals surface area contributed by atoms with E-state index in [4.69, 9.17) is 28.5 Å². The van der Waals surface area contributed by atoms with Gasteiger partial charge in [-0.1, -0.05) is 23.2 Å². The van der Waals surface area contributed by atoms with Gasteiger partial charge in [0.15, 0.2) is 0 Å². The van der Waals surface area contributed by atoms with Gasteiger partial charge in [-0.2, -0.15) is 5.26 Å². The Balaban J connectivity index is 2.33. The zero-order chi connectivity index (χ0) is 13.1. The summed E-state index contributed by atoms with van der Waals surface area (Å²) in [7, 11) is 0. The van der Waals surface area contributed by atoms with Crippen LogP contribution in [0.1, 0.15) is 20.1 Å². The lowest BCUT2D eigenvalue weighted by atomic mass is 10.1. The molecule has 0 bridgehead atoms. The van der Waals surface area contributed by atoms with Crippen molar-refractivity contribution in [2.24, 2.45) is 0 Å². The second kappa shape index (κ2) is 5.53. The number of carbonyl (C=O) groups excluding carboxylic acids is 1. The van der Waals surface area contributed by atoms with E-state index < -0.39 is 0 Å². The molecule has 0 amide bonds. The van der Waals surface area contributed by atoms with Crippen LogP contribution in [0.25, 0.3) is 0 Å². The van der Waals surface area contributed by atoms with E-state index in [1.54, 1.807) is 30.3 Å². The zero-order valence-electron chi connectivity index (χ0n) is 9.11. The highest BCUT2D eigenvalue weighted by molar-refractivity contribution is 7.14. The molecule has 5 heteroatoms. The van der Waals surface area contributed by atoms with Crippen LogP contribution in [0.4, 0.5) is 0 Å². The number of carbonyl (C=O) groups is 1. The Morgan fingerprint density at radius 1 is 1.28 bits per heavy atom. The van der Waals surface area contributed by atoms with Gasteiger partial charge in [-0.25, -0.2) is 0 Å². The Bertz CT molecular complexity index is 643. The van der Waals surface area contributed by atoms with Crippen molar-refractivity contribution in [1.82, 2.24) is 0 Å². The predicted molar refractivity (Wildman–Crippen MR) is 73.5 cm³/mol. The average molecular weight is 296 g/mol. The van der Waals surface area contributed by atoms with Crippen LogP contribution in [0.5, 0.6) is 0 Å². The molecule has 1 heterocycles. The minimum Gasteiger partial charge on any atom is -0.288 e. The molecule has 0 N–H and O–H groups in total. The SMILES string of the molecule is N#CCc1ccc(C(=O)c2ccc(Cl)cc2Cl)s1. The van der Waals surface area contributed by atoms with E-state index in [0.29, 0.717) is 26.9 Å². The number of ketones is 1. The smallest absolute Gasteiger partial charge is 0.204 e. The van der Waals surface area contributed by atoms with Crippen molar-refractivity contribution >= 4 is 40.3 Å². The zero-order valence-corrected chi connectivity index (χ0v) is 11.4. The Morgan fingerprint density at radius 2 is 2.06 bits per heavy atom. The van der Waals surface area contributed by atoms with Crippen molar-refractivity contribution in [2.45, 2.75) is 6.42 Å². The first-order valence-electron chi connectivity index (χ1n) is 5.07. The van der Waals surface area contributed by atoms with Gasteiger partial charge in [0, 0.05) is 15.5 Å². The lowest BCUT2D eigenvalue weighted by Gasteiger charge is -2.01. The molecule has 2 nitrogen and oxygen atoms in total. The first kappa shape index (κ1) is 13.1. The summed E-state index contributed by atoms with van der Waals surface area (Å²) in [5.74, 6) is -0.147. The highest BCUT2D eigenvalue weighted by Gasteiger charge is 2.15. The fraction of sp³-hybridized carbons (Fsp3) is 0.0769. The minimum atomic E-state index is -0.147. The van der Waals surface area contributed by atoms with E-state index in [2.05, 4.69) is 6.07 Å². The standard InChI is InChI=1S/C13H7Cl2NOS/c14-8-1-3-10(11(15)7-8)13(17)12-4-2-9(18-12)5-6-16/h1-4,7H,5H2. The van der Waals surface area contributed by atoms with Crippen LogP contribution < -0.4 is 0 Å². The number of nitrogens with zero attached hydrogens (tertiary/aromatic N) is 1. The molecule has 0 aliphatic rings. The van der Waals surface area contributed by atoms with Gasteiger partial charge < -0.3 is 0 Å². The van der Waals surface area contributed by atoms with Crippen LogP contribution in [0.15, 0.2) is 30.3 Å².